The maximum absolute atomic E-state index is 12.0. The number of benzene rings is 1. The van der Waals surface area contributed by atoms with Crippen LogP contribution in [0.15, 0.2) is 18.2 Å². The molecule has 1 atom stereocenters. The zero-order valence-corrected chi connectivity index (χ0v) is 9.23. The van der Waals surface area contributed by atoms with E-state index in [9.17, 15) is 13.2 Å². The van der Waals surface area contributed by atoms with Crippen molar-refractivity contribution in [3.8, 4) is 0 Å². The first kappa shape index (κ1) is 13.1. The van der Waals surface area contributed by atoms with Gasteiger partial charge in [0, 0.05) is 6.54 Å². The molecule has 0 fully saturated rings. The summed E-state index contributed by atoms with van der Waals surface area (Å²) in [4.78, 5) is 0. The van der Waals surface area contributed by atoms with Crippen LogP contribution in [0.3, 0.4) is 0 Å². The Labute approximate surface area is 96.0 Å². The number of aliphatic hydroxyl groups is 1. The monoisotopic (exact) mass is 253 g/mol. The summed E-state index contributed by atoms with van der Waals surface area (Å²) in [6, 6.07) is 4.94. The van der Waals surface area contributed by atoms with E-state index in [0.29, 0.717) is 10.7 Å². The lowest BCUT2D eigenvalue weighted by Crippen LogP contribution is -2.35. The third-order valence-electron chi connectivity index (χ3n) is 1.99. The second-order valence-electron chi connectivity index (χ2n) is 3.42. The van der Waals surface area contributed by atoms with Crippen LogP contribution in [0, 0.1) is 6.92 Å². The molecule has 0 spiro atoms. The highest BCUT2D eigenvalue weighted by Crippen LogP contribution is 2.24. The SMILES string of the molecule is Cc1ccc(Cl)c(NCC(O)C(F)(F)F)c1. The number of hydrogen-bond donors (Lipinski definition) is 2. The van der Waals surface area contributed by atoms with E-state index in [0.717, 1.165) is 5.56 Å². The minimum absolute atomic E-state index is 0.319. The highest BCUT2D eigenvalue weighted by Gasteiger charge is 2.37. The van der Waals surface area contributed by atoms with Crippen molar-refractivity contribution in [3.63, 3.8) is 0 Å². The van der Waals surface area contributed by atoms with Gasteiger partial charge in [0.05, 0.1) is 10.7 Å². The van der Waals surface area contributed by atoms with Crippen LogP contribution >= 0.6 is 11.6 Å². The summed E-state index contributed by atoms with van der Waals surface area (Å²) >= 11 is 5.77. The molecule has 0 saturated carbocycles. The molecule has 0 amide bonds. The number of aryl methyl sites for hydroxylation is 1. The highest BCUT2D eigenvalue weighted by atomic mass is 35.5. The van der Waals surface area contributed by atoms with Crippen LogP contribution in [0.1, 0.15) is 5.56 Å². The average Bonchev–Trinajstić information content (AvgIpc) is 2.17. The highest BCUT2D eigenvalue weighted by molar-refractivity contribution is 6.33. The van der Waals surface area contributed by atoms with Crippen molar-refractivity contribution >= 4 is 17.3 Å². The van der Waals surface area contributed by atoms with Crippen molar-refractivity contribution in [1.29, 1.82) is 0 Å². The maximum Gasteiger partial charge on any atom is 0.416 e. The molecule has 0 aromatic heterocycles. The smallest absolute Gasteiger partial charge is 0.382 e. The Bertz CT molecular complexity index is 368. The fourth-order valence-electron chi connectivity index (χ4n) is 1.10. The molecule has 0 aliphatic carbocycles. The number of rotatable bonds is 3. The zero-order chi connectivity index (χ0) is 12.3. The van der Waals surface area contributed by atoms with Crippen molar-refractivity contribution in [1.82, 2.24) is 0 Å². The fraction of sp³-hybridized carbons (Fsp3) is 0.400. The van der Waals surface area contributed by atoms with Crippen LogP contribution < -0.4 is 5.32 Å². The lowest BCUT2D eigenvalue weighted by Gasteiger charge is -2.16. The van der Waals surface area contributed by atoms with Gasteiger partial charge in [0.1, 0.15) is 0 Å². The minimum atomic E-state index is -4.62. The van der Waals surface area contributed by atoms with Gasteiger partial charge in [-0.05, 0) is 24.6 Å². The van der Waals surface area contributed by atoms with Gasteiger partial charge in [-0.1, -0.05) is 17.7 Å². The molecular formula is C10H11ClF3NO. The molecule has 1 aromatic rings. The number of anilines is 1. The van der Waals surface area contributed by atoms with E-state index in [2.05, 4.69) is 5.32 Å². The van der Waals surface area contributed by atoms with Crippen LogP contribution in [0.5, 0.6) is 0 Å². The third kappa shape index (κ3) is 3.57. The largest absolute Gasteiger partial charge is 0.416 e. The summed E-state index contributed by atoms with van der Waals surface area (Å²) in [5.41, 5.74) is 1.25. The first-order valence-corrected chi connectivity index (χ1v) is 4.93. The molecule has 0 aliphatic rings. The van der Waals surface area contributed by atoms with Gasteiger partial charge >= 0.3 is 6.18 Å². The van der Waals surface area contributed by atoms with Crippen molar-refractivity contribution < 1.29 is 18.3 Å². The molecule has 1 aromatic carbocycles. The van der Waals surface area contributed by atoms with Gasteiger partial charge in [0.2, 0.25) is 0 Å². The molecule has 2 nitrogen and oxygen atoms in total. The molecule has 0 saturated heterocycles. The Morgan fingerprint density at radius 1 is 1.44 bits per heavy atom. The van der Waals surface area contributed by atoms with Gasteiger partial charge in [-0.3, -0.25) is 0 Å². The standard InChI is InChI=1S/C10H11ClF3NO/c1-6-2-3-7(11)8(4-6)15-5-9(16)10(12,13)14/h2-4,9,15-16H,5H2,1H3. The molecule has 1 unspecified atom stereocenters. The van der Waals surface area contributed by atoms with E-state index in [1.165, 1.54) is 0 Å². The number of nitrogens with one attached hydrogen (secondary N) is 1. The van der Waals surface area contributed by atoms with Gasteiger partial charge < -0.3 is 10.4 Å². The lowest BCUT2D eigenvalue weighted by molar-refractivity contribution is -0.198. The van der Waals surface area contributed by atoms with Gasteiger partial charge in [0.25, 0.3) is 0 Å². The summed E-state index contributed by atoms with van der Waals surface area (Å²) in [6.07, 6.45) is -7.02. The quantitative estimate of drug-likeness (QED) is 0.868. The Kier molecular flexibility index (Phi) is 4.04. The predicted molar refractivity (Wildman–Crippen MR) is 56.7 cm³/mol. The second-order valence-corrected chi connectivity index (χ2v) is 3.83. The summed E-state index contributed by atoms with van der Waals surface area (Å²) in [6.45, 7) is 1.17. The van der Waals surface area contributed by atoms with Crippen LogP contribution in [0.25, 0.3) is 0 Å². The van der Waals surface area contributed by atoms with Crippen LogP contribution in [-0.4, -0.2) is 23.9 Å². The van der Waals surface area contributed by atoms with E-state index in [4.69, 9.17) is 16.7 Å². The normalized spacial score (nSPS) is 13.6. The van der Waals surface area contributed by atoms with Crippen LogP contribution in [0.4, 0.5) is 18.9 Å². The molecule has 0 radical (unpaired) electrons. The number of alkyl halides is 3. The first-order chi connectivity index (χ1) is 7.30. The molecule has 0 bridgehead atoms. The topological polar surface area (TPSA) is 32.3 Å². The fourth-order valence-corrected chi connectivity index (χ4v) is 1.28. The van der Waals surface area contributed by atoms with E-state index >= 15 is 0 Å². The van der Waals surface area contributed by atoms with E-state index in [1.807, 2.05) is 0 Å². The van der Waals surface area contributed by atoms with E-state index < -0.39 is 18.8 Å². The van der Waals surface area contributed by atoms with E-state index in [1.54, 1.807) is 25.1 Å². The van der Waals surface area contributed by atoms with Gasteiger partial charge in [-0.15, -0.1) is 0 Å². The van der Waals surface area contributed by atoms with Crippen molar-refractivity contribution in [2.45, 2.75) is 19.2 Å². The minimum Gasteiger partial charge on any atom is -0.382 e. The Balaban J connectivity index is 2.64. The molecule has 0 aliphatic heterocycles. The number of hydrogen-bond acceptors (Lipinski definition) is 2. The molecule has 1 rings (SSSR count). The summed E-state index contributed by atoms with van der Waals surface area (Å²) in [5.74, 6) is 0. The first-order valence-electron chi connectivity index (χ1n) is 4.55. The molecule has 2 N–H and O–H groups in total. The van der Waals surface area contributed by atoms with Crippen molar-refractivity contribution in [3.05, 3.63) is 28.8 Å². The predicted octanol–water partition coefficient (Wildman–Crippen LogP) is 2.98. The van der Waals surface area contributed by atoms with E-state index in [-0.39, 0.29) is 0 Å². The number of aliphatic hydroxyl groups excluding tert-OH is 1. The lowest BCUT2D eigenvalue weighted by atomic mass is 10.2. The van der Waals surface area contributed by atoms with Crippen LogP contribution in [-0.2, 0) is 0 Å². The van der Waals surface area contributed by atoms with Gasteiger partial charge in [-0.2, -0.15) is 13.2 Å². The molecule has 90 valence electrons. The molecule has 16 heavy (non-hydrogen) atoms. The van der Waals surface area contributed by atoms with Gasteiger partial charge in [0.15, 0.2) is 6.10 Å². The number of halogens is 4. The van der Waals surface area contributed by atoms with Crippen LogP contribution in [0.2, 0.25) is 5.02 Å². The molecule has 0 heterocycles. The van der Waals surface area contributed by atoms with Gasteiger partial charge in [-0.25, -0.2) is 0 Å². The summed E-state index contributed by atoms with van der Waals surface area (Å²) in [7, 11) is 0. The third-order valence-corrected chi connectivity index (χ3v) is 2.32. The second kappa shape index (κ2) is 4.93. The Hall–Kier alpha value is -0.940. The maximum atomic E-state index is 12.0. The Morgan fingerprint density at radius 3 is 2.62 bits per heavy atom. The van der Waals surface area contributed by atoms with Crippen molar-refractivity contribution in [2.24, 2.45) is 0 Å². The zero-order valence-electron chi connectivity index (χ0n) is 8.48. The molecular weight excluding hydrogens is 243 g/mol. The van der Waals surface area contributed by atoms with Crippen molar-refractivity contribution in [2.75, 3.05) is 11.9 Å². The summed E-state index contributed by atoms with van der Waals surface area (Å²) in [5, 5.41) is 11.6. The average molecular weight is 254 g/mol. The Morgan fingerprint density at radius 2 is 2.06 bits per heavy atom. The summed E-state index contributed by atoms with van der Waals surface area (Å²) < 4.78 is 36.0. The molecule has 6 heteroatoms.